The molecule has 5 heteroatoms. The van der Waals surface area contributed by atoms with E-state index in [0.717, 1.165) is 18.4 Å². The zero-order valence-corrected chi connectivity index (χ0v) is 13.4. The Bertz CT molecular complexity index is 708. The fourth-order valence-electron chi connectivity index (χ4n) is 3.33. The number of benzene rings is 1. The minimum Gasteiger partial charge on any atom is -0.383 e. The van der Waals surface area contributed by atoms with E-state index in [1.165, 1.54) is 16.8 Å². The molecule has 2 heterocycles. The summed E-state index contributed by atoms with van der Waals surface area (Å²) in [5, 5.41) is 3.61. The first-order valence-corrected chi connectivity index (χ1v) is 7.62. The van der Waals surface area contributed by atoms with Crippen molar-refractivity contribution in [2.45, 2.75) is 45.1 Å². The molecule has 1 aliphatic heterocycles. The average molecular weight is 297 g/mol. The number of rotatable bonds is 2. The number of nitrogens with two attached hydrogens (primary N) is 2. The minimum atomic E-state index is 0.142. The van der Waals surface area contributed by atoms with Gasteiger partial charge in [-0.3, -0.25) is 0 Å². The van der Waals surface area contributed by atoms with Crippen LogP contribution in [0.25, 0.3) is 0 Å². The Kier molecular flexibility index (Phi) is 3.43. The lowest BCUT2D eigenvalue weighted by atomic mass is 9.81. The molecule has 0 spiro atoms. The SMILES string of the molecule is CC1CC(C)(C)Nc2ccc(Cc3cnc(N)nc3N)cc21. The van der Waals surface area contributed by atoms with Gasteiger partial charge in [0.15, 0.2) is 0 Å². The highest BCUT2D eigenvalue weighted by Crippen LogP contribution is 2.39. The maximum Gasteiger partial charge on any atom is 0.221 e. The van der Waals surface area contributed by atoms with Crippen molar-refractivity contribution < 1.29 is 0 Å². The van der Waals surface area contributed by atoms with Gasteiger partial charge in [0.05, 0.1) is 0 Å². The summed E-state index contributed by atoms with van der Waals surface area (Å²) in [6.45, 7) is 6.77. The molecule has 0 amide bonds. The van der Waals surface area contributed by atoms with E-state index in [2.05, 4.69) is 54.3 Å². The third-order valence-electron chi connectivity index (χ3n) is 4.25. The maximum atomic E-state index is 5.93. The van der Waals surface area contributed by atoms with Gasteiger partial charge in [0.1, 0.15) is 5.82 Å². The number of hydrogen-bond acceptors (Lipinski definition) is 5. The van der Waals surface area contributed by atoms with Gasteiger partial charge in [-0.1, -0.05) is 19.1 Å². The molecule has 1 aromatic heterocycles. The number of nitrogens with zero attached hydrogens (tertiary/aromatic N) is 2. The third-order valence-corrected chi connectivity index (χ3v) is 4.25. The van der Waals surface area contributed by atoms with Crippen molar-refractivity contribution in [3.63, 3.8) is 0 Å². The summed E-state index contributed by atoms with van der Waals surface area (Å²) < 4.78 is 0. The molecule has 5 nitrogen and oxygen atoms in total. The second-order valence-corrected chi connectivity index (χ2v) is 6.85. The van der Waals surface area contributed by atoms with Gasteiger partial charge in [0.2, 0.25) is 5.95 Å². The second kappa shape index (κ2) is 5.16. The van der Waals surface area contributed by atoms with Crippen LogP contribution in [0.1, 0.15) is 49.8 Å². The van der Waals surface area contributed by atoms with E-state index in [9.17, 15) is 0 Å². The molecule has 2 aromatic rings. The normalized spacial score (nSPS) is 19.3. The number of anilines is 3. The Hall–Kier alpha value is -2.30. The summed E-state index contributed by atoms with van der Waals surface area (Å²) >= 11 is 0. The van der Waals surface area contributed by atoms with Crippen molar-refractivity contribution in [1.82, 2.24) is 9.97 Å². The number of nitrogens with one attached hydrogen (secondary N) is 1. The van der Waals surface area contributed by atoms with E-state index in [1.807, 2.05) is 0 Å². The molecule has 116 valence electrons. The van der Waals surface area contributed by atoms with Gasteiger partial charge in [0, 0.05) is 29.4 Å². The standard InChI is InChI=1S/C17H23N5/c1-10-8-17(2,3)22-14-5-4-11(7-13(10)14)6-12-9-20-16(19)21-15(12)18/h4-5,7,9-10,22H,6,8H2,1-3H3,(H4,18,19,20,21). The summed E-state index contributed by atoms with van der Waals surface area (Å²) in [7, 11) is 0. The quantitative estimate of drug-likeness (QED) is 0.793. The first-order valence-electron chi connectivity index (χ1n) is 7.62. The molecule has 1 unspecified atom stereocenters. The summed E-state index contributed by atoms with van der Waals surface area (Å²) in [4.78, 5) is 8.06. The van der Waals surface area contributed by atoms with Crippen LogP contribution in [-0.4, -0.2) is 15.5 Å². The lowest BCUT2D eigenvalue weighted by Gasteiger charge is -2.37. The zero-order chi connectivity index (χ0) is 15.9. The zero-order valence-electron chi connectivity index (χ0n) is 13.4. The topological polar surface area (TPSA) is 89.8 Å². The van der Waals surface area contributed by atoms with E-state index in [1.54, 1.807) is 6.20 Å². The molecule has 1 aliphatic rings. The monoisotopic (exact) mass is 297 g/mol. The van der Waals surface area contributed by atoms with Gasteiger partial charge in [-0.05, 0) is 43.4 Å². The maximum absolute atomic E-state index is 5.93. The van der Waals surface area contributed by atoms with Crippen molar-refractivity contribution >= 4 is 17.5 Å². The van der Waals surface area contributed by atoms with Crippen LogP contribution < -0.4 is 16.8 Å². The van der Waals surface area contributed by atoms with Crippen LogP contribution >= 0.6 is 0 Å². The molecule has 0 aliphatic carbocycles. The lowest BCUT2D eigenvalue weighted by molar-refractivity contribution is 0.454. The van der Waals surface area contributed by atoms with Crippen molar-refractivity contribution in [2.75, 3.05) is 16.8 Å². The van der Waals surface area contributed by atoms with Gasteiger partial charge >= 0.3 is 0 Å². The smallest absolute Gasteiger partial charge is 0.221 e. The second-order valence-electron chi connectivity index (χ2n) is 6.85. The summed E-state index contributed by atoms with van der Waals surface area (Å²) in [6, 6.07) is 6.56. The molecule has 22 heavy (non-hydrogen) atoms. The molecular weight excluding hydrogens is 274 g/mol. The van der Waals surface area contributed by atoms with Crippen LogP contribution in [-0.2, 0) is 6.42 Å². The highest BCUT2D eigenvalue weighted by atomic mass is 15.0. The molecule has 1 atom stereocenters. The molecule has 0 saturated carbocycles. The first-order chi connectivity index (χ1) is 10.3. The van der Waals surface area contributed by atoms with Crippen LogP contribution in [0.5, 0.6) is 0 Å². The van der Waals surface area contributed by atoms with E-state index >= 15 is 0 Å². The Morgan fingerprint density at radius 3 is 2.82 bits per heavy atom. The highest BCUT2D eigenvalue weighted by Gasteiger charge is 2.29. The largest absolute Gasteiger partial charge is 0.383 e. The number of fused-ring (bicyclic) bond motifs is 1. The van der Waals surface area contributed by atoms with Crippen molar-refractivity contribution in [3.05, 3.63) is 41.1 Å². The van der Waals surface area contributed by atoms with Crippen LogP contribution in [0.15, 0.2) is 24.4 Å². The van der Waals surface area contributed by atoms with Gasteiger partial charge in [-0.15, -0.1) is 0 Å². The van der Waals surface area contributed by atoms with Crippen molar-refractivity contribution in [3.8, 4) is 0 Å². The van der Waals surface area contributed by atoms with E-state index in [4.69, 9.17) is 11.5 Å². The fourth-order valence-corrected chi connectivity index (χ4v) is 3.33. The molecular formula is C17H23N5. The molecule has 0 saturated heterocycles. The Labute approximate surface area is 131 Å². The minimum absolute atomic E-state index is 0.142. The Morgan fingerprint density at radius 1 is 1.32 bits per heavy atom. The number of aromatic nitrogens is 2. The molecule has 0 radical (unpaired) electrons. The summed E-state index contributed by atoms with van der Waals surface area (Å²) in [5.41, 5.74) is 16.3. The first kappa shape index (κ1) is 14.6. The predicted molar refractivity (Wildman–Crippen MR) is 90.8 cm³/mol. The van der Waals surface area contributed by atoms with E-state index in [0.29, 0.717) is 11.7 Å². The number of nitrogen functional groups attached to an aromatic ring is 2. The Morgan fingerprint density at radius 2 is 2.09 bits per heavy atom. The molecule has 3 rings (SSSR count). The Balaban J connectivity index is 1.89. The van der Waals surface area contributed by atoms with Gasteiger partial charge < -0.3 is 16.8 Å². The van der Waals surface area contributed by atoms with Crippen LogP contribution in [0, 0.1) is 0 Å². The molecule has 1 aromatic carbocycles. The summed E-state index contributed by atoms with van der Waals surface area (Å²) in [6.07, 6.45) is 3.55. The third kappa shape index (κ3) is 2.84. The van der Waals surface area contributed by atoms with Crippen LogP contribution in [0.2, 0.25) is 0 Å². The van der Waals surface area contributed by atoms with Gasteiger partial charge in [-0.25, -0.2) is 4.98 Å². The molecule has 0 fully saturated rings. The highest BCUT2D eigenvalue weighted by molar-refractivity contribution is 5.58. The predicted octanol–water partition coefficient (Wildman–Crippen LogP) is 2.93. The van der Waals surface area contributed by atoms with Gasteiger partial charge in [0.25, 0.3) is 0 Å². The van der Waals surface area contributed by atoms with Gasteiger partial charge in [-0.2, -0.15) is 4.98 Å². The van der Waals surface area contributed by atoms with Crippen LogP contribution in [0.4, 0.5) is 17.5 Å². The van der Waals surface area contributed by atoms with E-state index in [-0.39, 0.29) is 11.5 Å². The van der Waals surface area contributed by atoms with Crippen LogP contribution in [0.3, 0.4) is 0 Å². The fraction of sp³-hybridized carbons (Fsp3) is 0.412. The summed E-state index contributed by atoms with van der Waals surface area (Å²) in [5.74, 6) is 1.20. The van der Waals surface area contributed by atoms with Crippen molar-refractivity contribution in [1.29, 1.82) is 0 Å². The molecule has 5 N–H and O–H groups in total. The lowest BCUT2D eigenvalue weighted by Crippen LogP contribution is -2.36. The molecule has 0 bridgehead atoms. The average Bonchev–Trinajstić information content (AvgIpc) is 2.41. The number of hydrogen-bond donors (Lipinski definition) is 3. The van der Waals surface area contributed by atoms with Crippen molar-refractivity contribution in [2.24, 2.45) is 0 Å². The van der Waals surface area contributed by atoms with E-state index < -0.39 is 0 Å².